The smallest absolute Gasteiger partial charge is 0.361 e. The van der Waals surface area contributed by atoms with Crippen LogP contribution in [0.3, 0.4) is 0 Å². The fourth-order valence-electron chi connectivity index (χ4n) is 2.45. The molecular formula is C17H17ClN6O3. The molecule has 27 heavy (non-hydrogen) atoms. The number of aryl methyl sites for hydroxylation is 1. The number of methoxy groups -OCH3 is 1. The van der Waals surface area contributed by atoms with Gasteiger partial charge in [-0.05, 0) is 19.1 Å². The lowest BCUT2D eigenvalue weighted by molar-refractivity contribution is 0.0519. The molecule has 0 fully saturated rings. The fraction of sp³-hybridized carbons (Fsp3) is 0.235. The van der Waals surface area contributed by atoms with Crippen molar-refractivity contribution in [3.63, 3.8) is 0 Å². The van der Waals surface area contributed by atoms with Gasteiger partial charge in [-0.15, -0.1) is 10.2 Å². The molecule has 0 radical (unpaired) electrons. The summed E-state index contributed by atoms with van der Waals surface area (Å²) in [6.07, 6.45) is 1.60. The molecule has 0 atom stereocenters. The lowest BCUT2D eigenvalue weighted by Gasteiger charge is -2.15. The predicted octanol–water partition coefficient (Wildman–Crippen LogP) is 2.85. The standard InChI is InChI=1S/C17H17ClN6O3/c1-4-27-17(25)14-12(8-13(18)21-22-14)20-11-7-5-6-10(15(11)26-3)16-19-9-24(2)23-16/h5-9H,4H2,1-3H3,(H,20,21). The van der Waals surface area contributed by atoms with Gasteiger partial charge in [0.1, 0.15) is 6.33 Å². The third-order valence-electron chi connectivity index (χ3n) is 3.56. The molecule has 1 aromatic carbocycles. The molecule has 0 aliphatic carbocycles. The van der Waals surface area contributed by atoms with E-state index in [0.29, 0.717) is 28.5 Å². The molecular weight excluding hydrogens is 372 g/mol. The Labute approximate surface area is 160 Å². The Kier molecular flexibility index (Phi) is 5.51. The van der Waals surface area contributed by atoms with Crippen LogP contribution in [0.25, 0.3) is 11.4 Å². The van der Waals surface area contributed by atoms with Gasteiger partial charge in [-0.25, -0.2) is 9.78 Å². The molecule has 0 amide bonds. The Morgan fingerprint density at radius 2 is 2.11 bits per heavy atom. The van der Waals surface area contributed by atoms with Crippen molar-refractivity contribution >= 4 is 28.9 Å². The molecule has 0 spiro atoms. The van der Waals surface area contributed by atoms with Gasteiger partial charge in [0.25, 0.3) is 0 Å². The van der Waals surface area contributed by atoms with Crippen molar-refractivity contribution in [2.24, 2.45) is 7.05 Å². The fourth-order valence-corrected chi connectivity index (χ4v) is 2.60. The number of para-hydroxylation sites is 1. The van der Waals surface area contributed by atoms with E-state index in [1.54, 1.807) is 31.0 Å². The van der Waals surface area contributed by atoms with E-state index in [9.17, 15) is 4.79 Å². The van der Waals surface area contributed by atoms with Gasteiger partial charge < -0.3 is 14.8 Å². The summed E-state index contributed by atoms with van der Waals surface area (Å²) in [5.41, 5.74) is 1.63. The van der Waals surface area contributed by atoms with Crippen LogP contribution in [0, 0.1) is 0 Å². The predicted molar refractivity (Wildman–Crippen MR) is 99.3 cm³/mol. The number of hydrogen-bond donors (Lipinski definition) is 1. The summed E-state index contributed by atoms with van der Waals surface area (Å²) in [5, 5.41) is 15.1. The first-order valence-electron chi connectivity index (χ1n) is 8.03. The van der Waals surface area contributed by atoms with Crippen LogP contribution in [0.2, 0.25) is 5.15 Å². The maximum absolute atomic E-state index is 12.2. The van der Waals surface area contributed by atoms with E-state index < -0.39 is 5.97 Å². The zero-order valence-corrected chi connectivity index (χ0v) is 15.7. The van der Waals surface area contributed by atoms with Gasteiger partial charge >= 0.3 is 5.97 Å². The average Bonchev–Trinajstić information content (AvgIpc) is 3.08. The first-order valence-corrected chi connectivity index (χ1v) is 8.41. The Morgan fingerprint density at radius 1 is 1.30 bits per heavy atom. The van der Waals surface area contributed by atoms with Crippen LogP contribution in [0.4, 0.5) is 11.4 Å². The van der Waals surface area contributed by atoms with Crippen molar-refractivity contribution in [1.82, 2.24) is 25.0 Å². The first kappa shape index (κ1) is 18.6. The van der Waals surface area contributed by atoms with E-state index in [1.165, 1.54) is 13.2 Å². The highest BCUT2D eigenvalue weighted by atomic mass is 35.5. The minimum Gasteiger partial charge on any atom is -0.494 e. The number of halogens is 1. The number of benzene rings is 1. The van der Waals surface area contributed by atoms with Gasteiger partial charge in [-0.1, -0.05) is 17.7 Å². The number of carbonyl (C=O) groups excluding carboxylic acids is 1. The summed E-state index contributed by atoms with van der Waals surface area (Å²) in [6, 6.07) is 6.93. The SMILES string of the molecule is CCOC(=O)c1nnc(Cl)cc1Nc1cccc(-c2ncn(C)n2)c1OC. The molecule has 1 N–H and O–H groups in total. The third kappa shape index (κ3) is 3.98. The minimum atomic E-state index is -0.606. The summed E-state index contributed by atoms with van der Waals surface area (Å²) in [7, 11) is 3.32. The van der Waals surface area contributed by atoms with Gasteiger partial charge in [0, 0.05) is 13.1 Å². The van der Waals surface area contributed by atoms with Crippen molar-refractivity contribution in [3.8, 4) is 17.1 Å². The number of esters is 1. The van der Waals surface area contributed by atoms with Crippen LogP contribution in [-0.4, -0.2) is 44.6 Å². The van der Waals surface area contributed by atoms with Gasteiger partial charge in [0.15, 0.2) is 22.4 Å². The Balaban J connectivity index is 2.04. The molecule has 0 saturated heterocycles. The topological polar surface area (TPSA) is 104 Å². The van der Waals surface area contributed by atoms with Crippen molar-refractivity contribution in [2.45, 2.75) is 6.92 Å². The molecule has 0 saturated carbocycles. The zero-order valence-electron chi connectivity index (χ0n) is 14.9. The summed E-state index contributed by atoms with van der Waals surface area (Å²) >= 11 is 5.95. The van der Waals surface area contributed by atoms with Gasteiger partial charge in [0.2, 0.25) is 0 Å². The summed E-state index contributed by atoms with van der Waals surface area (Å²) in [6.45, 7) is 1.92. The highest BCUT2D eigenvalue weighted by molar-refractivity contribution is 6.29. The van der Waals surface area contributed by atoms with Gasteiger partial charge in [0.05, 0.1) is 30.7 Å². The lowest BCUT2D eigenvalue weighted by atomic mass is 10.1. The molecule has 2 aromatic heterocycles. The number of hydrogen-bond acceptors (Lipinski definition) is 8. The van der Waals surface area contributed by atoms with Crippen molar-refractivity contribution in [3.05, 3.63) is 41.4 Å². The summed E-state index contributed by atoms with van der Waals surface area (Å²) in [4.78, 5) is 16.4. The highest BCUT2D eigenvalue weighted by Gasteiger charge is 2.19. The number of nitrogens with zero attached hydrogens (tertiary/aromatic N) is 5. The number of aromatic nitrogens is 5. The van der Waals surface area contributed by atoms with E-state index in [2.05, 4.69) is 25.6 Å². The Morgan fingerprint density at radius 3 is 2.78 bits per heavy atom. The molecule has 140 valence electrons. The molecule has 0 bridgehead atoms. The normalized spacial score (nSPS) is 10.5. The Bertz CT molecular complexity index is 975. The van der Waals surface area contributed by atoms with Crippen LogP contribution < -0.4 is 10.1 Å². The van der Waals surface area contributed by atoms with Crippen LogP contribution in [-0.2, 0) is 11.8 Å². The van der Waals surface area contributed by atoms with Crippen LogP contribution in [0.15, 0.2) is 30.6 Å². The number of ether oxygens (including phenoxy) is 2. The number of nitrogens with one attached hydrogen (secondary N) is 1. The van der Waals surface area contributed by atoms with Gasteiger partial charge in [-0.2, -0.15) is 5.10 Å². The van der Waals surface area contributed by atoms with Crippen LogP contribution in [0.1, 0.15) is 17.4 Å². The Hall–Kier alpha value is -3.20. The maximum atomic E-state index is 12.2. The molecule has 0 aliphatic rings. The number of anilines is 2. The lowest BCUT2D eigenvalue weighted by Crippen LogP contribution is -2.12. The number of carbonyl (C=O) groups is 1. The molecule has 10 heteroatoms. The second-order valence-electron chi connectivity index (χ2n) is 5.40. The quantitative estimate of drug-likeness (QED) is 0.643. The third-order valence-corrected chi connectivity index (χ3v) is 3.75. The monoisotopic (exact) mass is 388 g/mol. The van der Waals surface area contributed by atoms with E-state index in [0.717, 1.165) is 0 Å². The van der Waals surface area contributed by atoms with E-state index in [1.807, 2.05) is 12.1 Å². The highest BCUT2D eigenvalue weighted by Crippen LogP contribution is 2.37. The van der Waals surface area contributed by atoms with Crippen molar-refractivity contribution in [2.75, 3.05) is 19.0 Å². The second-order valence-corrected chi connectivity index (χ2v) is 5.79. The molecule has 3 aromatic rings. The van der Waals surface area contributed by atoms with E-state index in [4.69, 9.17) is 21.1 Å². The van der Waals surface area contributed by atoms with E-state index >= 15 is 0 Å². The van der Waals surface area contributed by atoms with Crippen LogP contribution >= 0.6 is 11.6 Å². The van der Waals surface area contributed by atoms with Crippen LogP contribution in [0.5, 0.6) is 5.75 Å². The molecule has 2 heterocycles. The average molecular weight is 389 g/mol. The largest absolute Gasteiger partial charge is 0.494 e. The molecule has 0 aliphatic heterocycles. The summed E-state index contributed by atoms with van der Waals surface area (Å²) < 4.78 is 12.2. The van der Waals surface area contributed by atoms with Gasteiger partial charge in [-0.3, -0.25) is 4.68 Å². The second kappa shape index (κ2) is 8.00. The van der Waals surface area contributed by atoms with Crippen molar-refractivity contribution < 1.29 is 14.3 Å². The zero-order chi connectivity index (χ0) is 19.4. The molecule has 0 unspecified atom stereocenters. The number of rotatable bonds is 6. The maximum Gasteiger partial charge on any atom is 0.361 e. The minimum absolute atomic E-state index is 0.0182. The summed E-state index contributed by atoms with van der Waals surface area (Å²) in [5.74, 6) is 0.409. The molecule has 9 nitrogen and oxygen atoms in total. The van der Waals surface area contributed by atoms with Crippen molar-refractivity contribution in [1.29, 1.82) is 0 Å². The molecule has 3 rings (SSSR count). The van der Waals surface area contributed by atoms with E-state index in [-0.39, 0.29) is 17.5 Å². The first-order chi connectivity index (χ1) is 13.0.